The van der Waals surface area contributed by atoms with Crippen molar-refractivity contribution in [3.8, 4) is 5.75 Å². The lowest BCUT2D eigenvalue weighted by Gasteiger charge is -2.08. The van der Waals surface area contributed by atoms with E-state index in [1.807, 2.05) is 0 Å². The van der Waals surface area contributed by atoms with E-state index in [9.17, 15) is 4.79 Å². The van der Waals surface area contributed by atoms with Crippen LogP contribution in [0.1, 0.15) is 25.3 Å². The van der Waals surface area contributed by atoms with Crippen molar-refractivity contribution in [2.45, 2.75) is 19.8 Å². The highest BCUT2D eigenvalue weighted by molar-refractivity contribution is 6.16. The van der Waals surface area contributed by atoms with Crippen LogP contribution in [0.25, 0.3) is 5.57 Å². The molecular weight excluding hydrogens is 244 g/mol. The Hall–Kier alpha value is -1.97. The average molecular weight is 262 g/mol. The molecule has 1 aliphatic carbocycles. The van der Waals surface area contributed by atoms with Gasteiger partial charge in [0.25, 0.3) is 0 Å². The highest BCUT2D eigenvalue weighted by Crippen LogP contribution is 2.29. The second-order valence-electron chi connectivity index (χ2n) is 4.54. The number of rotatable bonds is 6. The minimum Gasteiger partial charge on any atom is -0.515 e. The number of aliphatic hydroxyl groups excluding tert-OH is 1. The highest BCUT2D eigenvalue weighted by atomic mass is 16.5. The molecule has 2 rings (SSSR count). The first-order valence-corrected chi connectivity index (χ1v) is 6.49. The summed E-state index contributed by atoms with van der Waals surface area (Å²) in [6, 6.07) is 7.06. The van der Waals surface area contributed by atoms with Crippen LogP contribution in [-0.2, 0) is 9.53 Å². The van der Waals surface area contributed by atoms with Gasteiger partial charge in [-0.1, -0.05) is 12.1 Å². The molecule has 1 N–H and O–H groups in total. The first-order valence-electron chi connectivity index (χ1n) is 6.49. The Labute approximate surface area is 112 Å². The minimum absolute atomic E-state index is 0.149. The lowest BCUT2D eigenvalue weighted by Crippen LogP contribution is -2.07. The Morgan fingerprint density at radius 1 is 1.37 bits per heavy atom. The van der Waals surface area contributed by atoms with Gasteiger partial charge in [0.15, 0.2) is 0 Å². The van der Waals surface area contributed by atoms with Crippen LogP contribution in [0.2, 0.25) is 0 Å². The Bertz CT molecular complexity index is 458. The second kappa shape index (κ2) is 6.27. The molecule has 1 aromatic rings. The standard InChI is InChI=1S/C15H18O4/c1-2-18-15(17)14(9-16)12-5-7-13(8-6-12)19-10-11-3-4-11/h5-9,11,16H,2-4,10H2,1H3. The van der Waals surface area contributed by atoms with Crippen molar-refractivity contribution in [3.63, 3.8) is 0 Å². The van der Waals surface area contributed by atoms with Gasteiger partial charge in [0.05, 0.1) is 19.5 Å². The van der Waals surface area contributed by atoms with Crippen molar-refractivity contribution in [3.05, 3.63) is 36.1 Å². The van der Waals surface area contributed by atoms with Gasteiger partial charge in [-0.15, -0.1) is 0 Å². The van der Waals surface area contributed by atoms with Crippen molar-refractivity contribution >= 4 is 11.5 Å². The number of hydrogen-bond donors (Lipinski definition) is 1. The van der Waals surface area contributed by atoms with E-state index in [1.165, 1.54) is 12.8 Å². The number of hydrogen-bond acceptors (Lipinski definition) is 4. The van der Waals surface area contributed by atoms with Gasteiger partial charge in [0, 0.05) is 0 Å². The van der Waals surface area contributed by atoms with Crippen molar-refractivity contribution < 1.29 is 19.4 Å². The van der Waals surface area contributed by atoms with Crippen LogP contribution < -0.4 is 4.74 Å². The van der Waals surface area contributed by atoms with Gasteiger partial charge in [0.1, 0.15) is 11.3 Å². The molecule has 102 valence electrons. The third kappa shape index (κ3) is 3.74. The molecule has 0 bridgehead atoms. The van der Waals surface area contributed by atoms with Gasteiger partial charge in [-0.25, -0.2) is 4.79 Å². The van der Waals surface area contributed by atoms with Crippen molar-refractivity contribution in [1.82, 2.24) is 0 Å². The van der Waals surface area contributed by atoms with Gasteiger partial charge in [-0.3, -0.25) is 0 Å². The molecule has 0 spiro atoms. The number of ether oxygens (including phenoxy) is 2. The van der Waals surface area contributed by atoms with E-state index in [0.717, 1.165) is 18.6 Å². The summed E-state index contributed by atoms with van der Waals surface area (Å²) < 4.78 is 10.5. The Morgan fingerprint density at radius 3 is 2.58 bits per heavy atom. The fraction of sp³-hybridized carbons (Fsp3) is 0.400. The zero-order valence-corrected chi connectivity index (χ0v) is 11.0. The van der Waals surface area contributed by atoms with Gasteiger partial charge in [0.2, 0.25) is 0 Å². The van der Waals surface area contributed by atoms with Crippen molar-refractivity contribution in [2.24, 2.45) is 5.92 Å². The van der Waals surface area contributed by atoms with Crippen LogP contribution in [0.5, 0.6) is 5.75 Å². The fourth-order valence-corrected chi connectivity index (χ4v) is 1.68. The SMILES string of the molecule is CCOC(=O)C(=CO)c1ccc(OCC2CC2)cc1. The Kier molecular flexibility index (Phi) is 4.44. The lowest BCUT2D eigenvalue weighted by atomic mass is 10.1. The number of carbonyl (C=O) groups excluding carboxylic acids is 1. The molecule has 0 heterocycles. The summed E-state index contributed by atoms with van der Waals surface area (Å²) in [4.78, 5) is 11.6. The van der Waals surface area contributed by atoms with Crippen LogP contribution in [0, 0.1) is 5.92 Å². The summed E-state index contributed by atoms with van der Waals surface area (Å²) in [5.74, 6) is 0.945. The first kappa shape index (κ1) is 13.5. The maximum atomic E-state index is 11.6. The Balaban J connectivity index is 2.00. The van der Waals surface area contributed by atoms with E-state index < -0.39 is 5.97 Å². The third-order valence-electron chi connectivity index (χ3n) is 2.97. The molecule has 1 saturated carbocycles. The summed E-state index contributed by atoms with van der Waals surface area (Å²) in [6.07, 6.45) is 3.27. The second-order valence-corrected chi connectivity index (χ2v) is 4.54. The smallest absolute Gasteiger partial charge is 0.341 e. The van der Waals surface area contributed by atoms with Gasteiger partial charge >= 0.3 is 5.97 Å². The minimum atomic E-state index is -0.531. The van der Waals surface area contributed by atoms with E-state index in [4.69, 9.17) is 14.6 Å². The molecule has 0 aromatic heterocycles. The van der Waals surface area contributed by atoms with Crippen molar-refractivity contribution in [1.29, 1.82) is 0 Å². The van der Waals surface area contributed by atoms with E-state index in [2.05, 4.69) is 0 Å². The van der Waals surface area contributed by atoms with Crippen LogP contribution in [0.15, 0.2) is 30.5 Å². The highest BCUT2D eigenvalue weighted by Gasteiger charge is 2.22. The van der Waals surface area contributed by atoms with Crippen LogP contribution in [0.3, 0.4) is 0 Å². The number of benzene rings is 1. The molecule has 0 saturated heterocycles. The van der Waals surface area contributed by atoms with E-state index >= 15 is 0 Å². The normalized spacial score (nSPS) is 15.1. The summed E-state index contributed by atoms with van der Waals surface area (Å²) in [5, 5.41) is 9.14. The number of aliphatic hydroxyl groups is 1. The van der Waals surface area contributed by atoms with E-state index in [1.54, 1.807) is 31.2 Å². The van der Waals surface area contributed by atoms with Crippen LogP contribution >= 0.6 is 0 Å². The largest absolute Gasteiger partial charge is 0.515 e. The molecule has 0 aliphatic heterocycles. The van der Waals surface area contributed by atoms with Crippen LogP contribution in [0.4, 0.5) is 0 Å². The molecule has 1 fully saturated rings. The summed E-state index contributed by atoms with van der Waals surface area (Å²) in [5.41, 5.74) is 0.760. The molecule has 0 radical (unpaired) electrons. The topological polar surface area (TPSA) is 55.8 Å². The quantitative estimate of drug-likeness (QED) is 0.486. The van der Waals surface area contributed by atoms with E-state index in [-0.39, 0.29) is 12.2 Å². The molecule has 19 heavy (non-hydrogen) atoms. The third-order valence-corrected chi connectivity index (χ3v) is 2.97. The van der Waals surface area contributed by atoms with Crippen molar-refractivity contribution in [2.75, 3.05) is 13.2 Å². The van der Waals surface area contributed by atoms with Crippen LogP contribution in [-0.4, -0.2) is 24.3 Å². The number of carbonyl (C=O) groups is 1. The van der Waals surface area contributed by atoms with Gasteiger partial charge < -0.3 is 14.6 Å². The zero-order valence-electron chi connectivity index (χ0n) is 11.0. The molecule has 1 aliphatic rings. The summed E-state index contributed by atoms with van der Waals surface area (Å²) in [7, 11) is 0. The summed E-state index contributed by atoms with van der Waals surface area (Å²) in [6.45, 7) is 2.75. The first-order chi connectivity index (χ1) is 9.24. The summed E-state index contributed by atoms with van der Waals surface area (Å²) >= 11 is 0. The fourth-order valence-electron chi connectivity index (χ4n) is 1.68. The molecule has 4 heteroatoms. The average Bonchev–Trinajstić information content (AvgIpc) is 3.23. The maximum Gasteiger partial charge on any atom is 0.341 e. The molecule has 0 unspecified atom stereocenters. The maximum absolute atomic E-state index is 11.6. The Morgan fingerprint density at radius 2 is 2.05 bits per heavy atom. The molecule has 0 amide bonds. The van der Waals surface area contributed by atoms with E-state index in [0.29, 0.717) is 11.5 Å². The predicted molar refractivity (Wildman–Crippen MR) is 71.9 cm³/mol. The predicted octanol–water partition coefficient (Wildman–Crippen LogP) is 2.94. The zero-order chi connectivity index (χ0) is 13.7. The van der Waals surface area contributed by atoms with Gasteiger partial charge in [-0.2, -0.15) is 0 Å². The molecule has 0 atom stereocenters. The number of esters is 1. The molecule has 1 aromatic carbocycles. The monoisotopic (exact) mass is 262 g/mol. The lowest BCUT2D eigenvalue weighted by molar-refractivity contribution is -0.136. The van der Waals surface area contributed by atoms with Gasteiger partial charge in [-0.05, 0) is 43.4 Å². The molecular formula is C15H18O4. The molecule has 4 nitrogen and oxygen atoms in total.